The molecule has 17 heavy (non-hydrogen) atoms. The van der Waals surface area contributed by atoms with Gasteiger partial charge in [-0.15, -0.1) is 0 Å². The largest absolute Gasteiger partial charge is 0.398 e. The number of anilines is 1. The quantitative estimate of drug-likeness (QED) is 0.497. The van der Waals surface area contributed by atoms with Crippen LogP contribution in [0.4, 0.5) is 5.69 Å². The van der Waals surface area contributed by atoms with E-state index in [-0.39, 0.29) is 10.6 Å². The number of nitrogens with one attached hydrogen (secondary N) is 1. The normalized spacial score (nSPS) is 12.1. The molecule has 0 amide bonds. The fraction of sp³-hybridized carbons (Fsp3) is 0.273. The number of halogens is 1. The number of benzene rings is 1. The maximum Gasteiger partial charge on any atom is 0.242 e. The van der Waals surface area contributed by atoms with Crippen molar-refractivity contribution in [3.63, 3.8) is 0 Å². The summed E-state index contributed by atoms with van der Waals surface area (Å²) in [4.78, 5) is 0.104. The van der Waals surface area contributed by atoms with Gasteiger partial charge in [0.1, 0.15) is 4.90 Å². The van der Waals surface area contributed by atoms with Crippen molar-refractivity contribution >= 4 is 31.6 Å². The Morgan fingerprint density at radius 2 is 2.18 bits per heavy atom. The highest BCUT2D eigenvalue weighted by Crippen LogP contribution is 2.22. The molecule has 0 saturated carbocycles. The summed E-state index contributed by atoms with van der Waals surface area (Å²) in [5.41, 5.74) is 5.89. The van der Waals surface area contributed by atoms with Crippen molar-refractivity contribution in [3.05, 3.63) is 34.8 Å². The molecule has 0 spiro atoms. The minimum atomic E-state index is -3.53. The van der Waals surface area contributed by atoms with E-state index in [9.17, 15) is 8.42 Å². The summed E-state index contributed by atoms with van der Waals surface area (Å²) >= 11 is 3.22. The summed E-state index contributed by atoms with van der Waals surface area (Å²) in [6.45, 7) is 2.25. The lowest BCUT2D eigenvalue weighted by Gasteiger charge is -2.08. The molecular weight excluding hydrogens is 304 g/mol. The van der Waals surface area contributed by atoms with Gasteiger partial charge in [0.25, 0.3) is 0 Å². The predicted octanol–water partition coefficient (Wildman–Crippen LogP) is 2.28. The standard InChI is InChI=1S/C11H15BrN2O2S/c1-2-3-4-7-14-17(15,16)11-8-9(12)5-6-10(11)13/h2-3,5-6,8,14H,4,7,13H2,1H3/b3-2+. The first kappa shape index (κ1) is 14.2. The van der Waals surface area contributed by atoms with E-state index in [2.05, 4.69) is 20.7 Å². The van der Waals surface area contributed by atoms with Crippen LogP contribution in [0, 0.1) is 0 Å². The molecule has 0 fully saturated rings. The Morgan fingerprint density at radius 3 is 2.82 bits per heavy atom. The highest BCUT2D eigenvalue weighted by molar-refractivity contribution is 9.10. The summed E-state index contributed by atoms with van der Waals surface area (Å²) < 4.78 is 27.0. The zero-order valence-electron chi connectivity index (χ0n) is 9.48. The van der Waals surface area contributed by atoms with Crippen molar-refractivity contribution in [2.75, 3.05) is 12.3 Å². The van der Waals surface area contributed by atoms with Gasteiger partial charge in [-0.2, -0.15) is 0 Å². The molecule has 0 atom stereocenters. The Morgan fingerprint density at radius 1 is 1.47 bits per heavy atom. The summed E-state index contributed by atoms with van der Waals surface area (Å²) in [7, 11) is -3.53. The monoisotopic (exact) mass is 318 g/mol. The molecular formula is C11H15BrN2O2S. The van der Waals surface area contributed by atoms with Crippen LogP contribution in [0.2, 0.25) is 0 Å². The van der Waals surface area contributed by atoms with Crippen molar-refractivity contribution < 1.29 is 8.42 Å². The van der Waals surface area contributed by atoms with E-state index in [4.69, 9.17) is 5.73 Å². The predicted molar refractivity (Wildman–Crippen MR) is 73.2 cm³/mol. The summed E-state index contributed by atoms with van der Waals surface area (Å²) in [5.74, 6) is 0. The molecule has 94 valence electrons. The van der Waals surface area contributed by atoms with Gasteiger partial charge in [-0.3, -0.25) is 0 Å². The van der Waals surface area contributed by atoms with Crippen molar-refractivity contribution in [2.24, 2.45) is 0 Å². The molecule has 0 aliphatic carbocycles. The van der Waals surface area contributed by atoms with Crippen molar-refractivity contribution in [2.45, 2.75) is 18.2 Å². The highest BCUT2D eigenvalue weighted by Gasteiger charge is 2.16. The molecule has 4 nitrogen and oxygen atoms in total. The van der Waals surface area contributed by atoms with E-state index in [1.807, 2.05) is 19.1 Å². The molecule has 0 saturated heterocycles. The molecule has 1 aromatic rings. The number of nitrogen functional groups attached to an aromatic ring is 1. The Balaban J connectivity index is 2.86. The number of hydrogen-bond donors (Lipinski definition) is 2. The summed E-state index contributed by atoms with van der Waals surface area (Å²) in [6, 6.07) is 4.76. The lowest BCUT2D eigenvalue weighted by Crippen LogP contribution is -2.25. The Hall–Kier alpha value is -0.850. The zero-order chi connectivity index (χ0) is 12.9. The van der Waals surface area contributed by atoms with Gasteiger partial charge in [0, 0.05) is 11.0 Å². The topological polar surface area (TPSA) is 72.2 Å². The second-order valence-electron chi connectivity index (χ2n) is 3.44. The molecule has 0 unspecified atom stereocenters. The van der Waals surface area contributed by atoms with Crippen LogP contribution in [-0.2, 0) is 10.0 Å². The molecule has 3 N–H and O–H groups in total. The van der Waals surface area contributed by atoms with Crippen LogP contribution in [0.5, 0.6) is 0 Å². The Bertz CT molecular complexity index is 512. The van der Waals surface area contributed by atoms with E-state index in [0.29, 0.717) is 17.4 Å². The first-order valence-corrected chi connectivity index (χ1v) is 7.41. The number of sulfonamides is 1. The Kier molecular flexibility index (Phi) is 5.17. The van der Waals surface area contributed by atoms with Crippen LogP contribution in [0.1, 0.15) is 13.3 Å². The van der Waals surface area contributed by atoms with Gasteiger partial charge in [-0.25, -0.2) is 13.1 Å². The first-order valence-electron chi connectivity index (χ1n) is 5.13. The zero-order valence-corrected chi connectivity index (χ0v) is 11.9. The van der Waals surface area contributed by atoms with E-state index in [0.717, 1.165) is 0 Å². The van der Waals surface area contributed by atoms with Crippen molar-refractivity contribution in [1.82, 2.24) is 4.72 Å². The van der Waals surface area contributed by atoms with Crippen LogP contribution in [0.25, 0.3) is 0 Å². The highest BCUT2D eigenvalue weighted by atomic mass is 79.9. The molecule has 1 rings (SSSR count). The molecule has 0 radical (unpaired) electrons. The van der Waals surface area contributed by atoms with Crippen molar-refractivity contribution in [1.29, 1.82) is 0 Å². The third-order valence-electron chi connectivity index (χ3n) is 2.10. The fourth-order valence-corrected chi connectivity index (χ4v) is 2.98. The lowest BCUT2D eigenvalue weighted by atomic mass is 10.3. The van der Waals surface area contributed by atoms with E-state index < -0.39 is 10.0 Å². The maximum atomic E-state index is 11.9. The SMILES string of the molecule is C/C=C/CCNS(=O)(=O)c1cc(Br)ccc1N. The number of hydrogen-bond acceptors (Lipinski definition) is 3. The number of nitrogens with two attached hydrogens (primary N) is 1. The maximum absolute atomic E-state index is 11.9. The third-order valence-corrected chi connectivity index (χ3v) is 4.11. The van der Waals surface area contributed by atoms with Gasteiger partial charge >= 0.3 is 0 Å². The summed E-state index contributed by atoms with van der Waals surface area (Å²) in [5, 5.41) is 0. The van der Waals surface area contributed by atoms with Crippen LogP contribution in [-0.4, -0.2) is 15.0 Å². The van der Waals surface area contributed by atoms with Crippen LogP contribution >= 0.6 is 15.9 Å². The van der Waals surface area contributed by atoms with E-state index >= 15 is 0 Å². The fourth-order valence-electron chi connectivity index (χ4n) is 1.26. The van der Waals surface area contributed by atoms with Gasteiger partial charge < -0.3 is 5.73 Å². The molecule has 0 bridgehead atoms. The Labute approximate surface area is 110 Å². The van der Waals surface area contributed by atoms with Crippen LogP contribution in [0.15, 0.2) is 39.7 Å². The molecule has 6 heteroatoms. The van der Waals surface area contributed by atoms with Gasteiger partial charge in [0.2, 0.25) is 10.0 Å². The first-order chi connectivity index (χ1) is 7.97. The molecule has 1 aromatic carbocycles. The van der Waals surface area contributed by atoms with E-state index in [1.54, 1.807) is 12.1 Å². The smallest absolute Gasteiger partial charge is 0.242 e. The molecule has 0 aromatic heterocycles. The molecule has 0 aliphatic heterocycles. The van der Waals surface area contributed by atoms with Crippen LogP contribution < -0.4 is 10.5 Å². The van der Waals surface area contributed by atoms with Crippen LogP contribution in [0.3, 0.4) is 0 Å². The average molecular weight is 319 g/mol. The van der Waals surface area contributed by atoms with Gasteiger partial charge in [0.15, 0.2) is 0 Å². The molecule has 0 aliphatic rings. The molecule has 0 heterocycles. The van der Waals surface area contributed by atoms with Crippen molar-refractivity contribution in [3.8, 4) is 0 Å². The lowest BCUT2D eigenvalue weighted by molar-refractivity contribution is 0.582. The van der Waals surface area contributed by atoms with E-state index in [1.165, 1.54) is 6.07 Å². The number of allylic oxidation sites excluding steroid dienone is 1. The third kappa shape index (κ3) is 4.14. The minimum absolute atomic E-state index is 0.104. The van der Waals surface area contributed by atoms with Gasteiger partial charge in [-0.1, -0.05) is 28.1 Å². The van der Waals surface area contributed by atoms with Gasteiger partial charge in [0.05, 0.1) is 5.69 Å². The average Bonchev–Trinajstić information content (AvgIpc) is 2.28. The number of rotatable bonds is 5. The second-order valence-corrected chi connectivity index (χ2v) is 6.09. The second kappa shape index (κ2) is 6.18. The summed E-state index contributed by atoms with van der Waals surface area (Å²) in [6.07, 6.45) is 4.43. The minimum Gasteiger partial charge on any atom is -0.398 e. The van der Waals surface area contributed by atoms with Gasteiger partial charge in [-0.05, 0) is 31.5 Å².